The van der Waals surface area contributed by atoms with Gasteiger partial charge in [0.15, 0.2) is 0 Å². The maximum Gasteiger partial charge on any atom is 0.306 e. The topological polar surface area (TPSA) is 61.1 Å². The molecule has 0 saturated heterocycles. The molecular weight excluding hydrogens is 130 g/mol. The second kappa shape index (κ2) is 4.80. The maximum absolute atomic E-state index is 10.3. The molecule has 0 aromatic rings. The van der Waals surface area contributed by atoms with Crippen LogP contribution in [0.5, 0.6) is 0 Å². The van der Waals surface area contributed by atoms with Crippen LogP contribution in [0.25, 0.3) is 0 Å². The molecule has 0 amide bonds. The van der Waals surface area contributed by atoms with Gasteiger partial charge in [0.05, 0.1) is 12.0 Å². The van der Waals surface area contributed by atoms with Crippen molar-refractivity contribution in [2.24, 2.45) is 5.92 Å². The van der Waals surface area contributed by atoms with E-state index in [-0.39, 0.29) is 5.92 Å². The number of aliphatic carboxylic acids is 1. The van der Waals surface area contributed by atoms with Crippen LogP contribution in [-0.2, 0) is 4.79 Å². The molecule has 0 aromatic carbocycles. The molecule has 0 bridgehead atoms. The molecule has 56 valence electrons. The minimum Gasteiger partial charge on any atom is -0.481 e. The van der Waals surface area contributed by atoms with Gasteiger partial charge in [0.25, 0.3) is 0 Å². The van der Waals surface area contributed by atoms with Gasteiger partial charge in [0.2, 0.25) is 0 Å². The summed E-state index contributed by atoms with van der Waals surface area (Å²) in [5, 5.41) is 16.6. The van der Waals surface area contributed by atoms with Gasteiger partial charge in [0.1, 0.15) is 0 Å². The fourth-order valence-electron chi connectivity index (χ4n) is 0.741. The van der Waals surface area contributed by atoms with Crippen LogP contribution in [0.1, 0.15) is 26.2 Å². The maximum atomic E-state index is 10.3. The molecular formula is C7H11NO2. The number of nitrogens with zero attached hydrogens (tertiary/aromatic N) is 1. The summed E-state index contributed by atoms with van der Waals surface area (Å²) in [5.74, 6) is -1.13. The fraction of sp³-hybridized carbons (Fsp3) is 0.714. The first kappa shape index (κ1) is 8.96. The van der Waals surface area contributed by atoms with Gasteiger partial charge in [0, 0.05) is 6.42 Å². The highest BCUT2D eigenvalue weighted by Gasteiger charge is 2.13. The van der Waals surface area contributed by atoms with Crippen LogP contribution in [0.3, 0.4) is 0 Å². The lowest BCUT2D eigenvalue weighted by Crippen LogP contribution is -2.11. The molecule has 0 aliphatic carbocycles. The summed E-state index contributed by atoms with van der Waals surface area (Å²) in [6, 6.07) is 1.92. The Hall–Kier alpha value is -1.04. The molecule has 3 nitrogen and oxygen atoms in total. The molecule has 1 N–H and O–H groups in total. The second-order valence-electron chi connectivity index (χ2n) is 2.14. The number of carboxylic acid groups (broad SMARTS) is 1. The van der Waals surface area contributed by atoms with E-state index < -0.39 is 5.97 Å². The lowest BCUT2D eigenvalue weighted by molar-refractivity contribution is -0.142. The van der Waals surface area contributed by atoms with E-state index >= 15 is 0 Å². The van der Waals surface area contributed by atoms with E-state index in [0.29, 0.717) is 19.3 Å². The van der Waals surface area contributed by atoms with Crippen LogP contribution in [0.4, 0.5) is 0 Å². The monoisotopic (exact) mass is 141 g/mol. The van der Waals surface area contributed by atoms with Gasteiger partial charge < -0.3 is 5.11 Å². The zero-order valence-electron chi connectivity index (χ0n) is 6.00. The molecule has 1 unspecified atom stereocenters. The third-order valence-corrected chi connectivity index (χ3v) is 1.45. The van der Waals surface area contributed by atoms with Gasteiger partial charge in [-0.25, -0.2) is 0 Å². The Morgan fingerprint density at radius 1 is 1.80 bits per heavy atom. The van der Waals surface area contributed by atoms with Crippen LogP contribution >= 0.6 is 0 Å². The van der Waals surface area contributed by atoms with E-state index in [2.05, 4.69) is 0 Å². The zero-order chi connectivity index (χ0) is 7.98. The van der Waals surface area contributed by atoms with Gasteiger partial charge in [-0.15, -0.1) is 0 Å². The average molecular weight is 141 g/mol. The summed E-state index contributed by atoms with van der Waals surface area (Å²) in [6.45, 7) is 1.82. The summed E-state index contributed by atoms with van der Waals surface area (Å²) in [5.41, 5.74) is 0. The number of carbonyl (C=O) groups is 1. The van der Waals surface area contributed by atoms with Gasteiger partial charge in [-0.1, -0.05) is 6.92 Å². The van der Waals surface area contributed by atoms with Crippen LogP contribution < -0.4 is 0 Å². The van der Waals surface area contributed by atoms with Gasteiger partial charge in [-0.05, 0) is 12.8 Å². The quantitative estimate of drug-likeness (QED) is 0.643. The van der Waals surface area contributed by atoms with Crippen LogP contribution in [-0.4, -0.2) is 11.1 Å². The van der Waals surface area contributed by atoms with E-state index in [9.17, 15) is 4.79 Å². The van der Waals surface area contributed by atoms with Crippen molar-refractivity contribution in [1.82, 2.24) is 0 Å². The number of hydrogen-bond donors (Lipinski definition) is 1. The third kappa shape index (κ3) is 3.08. The first-order valence-electron chi connectivity index (χ1n) is 3.32. The van der Waals surface area contributed by atoms with Crippen molar-refractivity contribution in [3.63, 3.8) is 0 Å². The first-order valence-corrected chi connectivity index (χ1v) is 3.32. The highest BCUT2D eigenvalue weighted by molar-refractivity contribution is 5.69. The minimum atomic E-state index is -0.794. The summed E-state index contributed by atoms with van der Waals surface area (Å²) >= 11 is 0. The third-order valence-electron chi connectivity index (χ3n) is 1.45. The molecule has 1 atom stereocenters. The Bertz CT molecular complexity index is 148. The first-order chi connectivity index (χ1) is 4.72. The number of hydrogen-bond acceptors (Lipinski definition) is 2. The highest BCUT2D eigenvalue weighted by atomic mass is 16.4. The van der Waals surface area contributed by atoms with Gasteiger partial charge in [-0.2, -0.15) is 5.26 Å². The smallest absolute Gasteiger partial charge is 0.306 e. The van der Waals surface area contributed by atoms with Crippen molar-refractivity contribution in [3.8, 4) is 6.07 Å². The normalized spacial score (nSPS) is 12.0. The predicted molar refractivity (Wildman–Crippen MR) is 36.3 cm³/mol. The molecule has 10 heavy (non-hydrogen) atoms. The van der Waals surface area contributed by atoms with Crippen molar-refractivity contribution in [2.75, 3.05) is 0 Å². The van der Waals surface area contributed by atoms with Crippen LogP contribution in [0.2, 0.25) is 0 Å². The predicted octanol–water partition coefficient (Wildman–Crippen LogP) is 1.40. The molecule has 0 fully saturated rings. The molecule has 0 spiro atoms. The van der Waals surface area contributed by atoms with Crippen molar-refractivity contribution < 1.29 is 9.90 Å². The Labute approximate surface area is 60.3 Å². The summed E-state index contributed by atoms with van der Waals surface area (Å²) in [4.78, 5) is 10.3. The van der Waals surface area contributed by atoms with Gasteiger partial charge in [-0.3, -0.25) is 4.79 Å². The Morgan fingerprint density at radius 2 is 2.40 bits per heavy atom. The standard InChI is InChI=1S/C7H11NO2/c1-2-6(7(9)10)4-3-5-8/h6H,2-4H2,1H3,(H,9,10). The SMILES string of the molecule is CCC(CCC#N)C(=O)O. The Morgan fingerprint density at radius 3 is 2.70 bits per heavy atom. The molecule has 0 radical (unpaired) electrons. The largest absolute Gasteiger partial charge is 0.481 e. The lowest BCUT2D eigenvalue weighted by Gasteiger charge is -2.04. The van der Waals surface area contributed by atoms with Crippen molar-refractivity contribution in [2.45, 2.75) is 26.2 Å². The Balaban J connectivity index is 3.63. The molecule has 0 saturated carbocycles. The molecule has 0 rings (SSSR count). The number of nitriles is 1. The minimum absolute atomic E-state index is 0.334. The molecule has 0 aliphatic rings. The molecule has 0 aliphatic heterocycles. The lowest BCUT2D eigenvalue weighted by atomic mass is 10.0. The molecule has 3 heteroatoms. The highest BCUT2D eigenvalue weighted by Crippen LogP contribution is 2.09. The van der Waals surface area contributed by atoms with Crippen molar-refractivity contribution >= 4 is 5.97 Å². The van der Waals surface area contributed by atoms with E-state index in [4.69, 9.17) is 10.4 Å². The van der Waals surface area contributed by atoms with Crippen LogP contribution in [0, 0.1) is 17.2 Å². The number of rotatable bonds is 4. The number of carboxylic acids is 1. The van der Waals surface area contributed by atoms with E-state index in [1.54, 1.807) is 0 Å². The van der Waals surface area contributed by atoms with E-state index in [1.165, 1.54) is 0 Å². The van der Waals surface area contributed by atoms with Crippen molar-refractivity contribution in [3.05, 3.63) is 0 Å². The summed E-state index contributed by atoms with van der Waals surface area (Å²) in [7, 11) is 0. The van der Waals surface area contributed by atoms with Gasteiger partial charge >= 0.3 is 5.97 Å². The summed E-state index contributed by atoms with van der Waals surface area (Å²) < 4.78 is 0. The zero-order valence-corrected chi connectivity index (χ0v) is 6.00. The van der Waals surface area contributed by atoms with Crippen molar-refractivity contribution in [1.29, 1.82) is 5.26 Å². The van der Waals surface area contributed by atoms with E-state index in [1.807, 2.05) is 13.0 Å². The molecule has 0 aromatic heterocycles. The molecule has 0 heterocycles. The summed E-state index contributed by atoms with van der Waals surface area (Å²) in [6.07, 6.45) is 1.42. The van der Waals surface area contributed by atoms with Crippen LogP contribution in [0.15, 0.2) is 0 Å². The Kier molecular flexibility index (Phi) is 4.30. The van der Waals surface area contributed by atoms with E-state index in [0.717, 1.165) is 0 Å². The average Bonchev–Trinajstić information content (AvgIpc) is 1.89. The second-order valence-corrected chi connectivity index (χ2v) is 2.14. The fourth-order valence-corrected chi connectivity index (χ4v) is 0.741.